The zero-order valence-electron chi connectivity index (χ0n) is 5.44. The molecule has 0 saturated heterocycles. The number of hydrogen-bond donors (Lipinski definition) is 1. The molecule has 1 atom stereocenters. The van der Waals surface area contributed by atoms with E-state index in [0.29, 0.717) is 5.69 Å². The number of carboxylic acids is 1. The van der Waals surface area contributed by atoms with Gasteiger partial charge in [0.25, 0.3) is 0 Å². The van der Waals surface area contributed by atoms with Crippen molar-refractivity contribution in [1.82, 2.24) is 4.98 Å². The lowest BCUT2D eigenvalue weighted by atomic mass is 10.1. The Morgan fingerprint density at radius 1 is 1.90 bits per heavy atom. The van der Waals surface area contributed by atoms with Crippen molar-refractivity contribution in [2.45, 2.75) is 12.8 Å². The largest absolute Gasteiger partial charge is 0.481 e. The molecule has 0 fully saturated rings. The number of carboxylic acid groups (broad SMARTS) is 1. The number of aliphatic carboxylic acids is 1. The maximum atomic E-state index is 10.4. The molecule has 0 saturated carbocycles. The summed E-state index contributed by atoms with van der Waals surface area (Å²) in [4.78, 5) is 14.2. The molecule has 0 spiro atoms. The van der Waals surface area contributed by atoms with Gasteiger partial charge in [0.1, 0.15) is 0 Å². The second-order valence-corrected chi connectivity index (χ2v) is 2.69. The first-order valence-electron chi connectivity index (χ1n) is 2.82. The van der Waals surface area contributed by atoms with Gasteiger partial charge in [-0.3, -0.25) is 4.79 Å². The van der Waals surface area contributed by atoms with Crippen LogP contribution in [-0.4, -0.2) is 16.1 Å². The number of aromatic nitrogens is 1. The summed E-state index contributed by atoms with van der Waals surface area (Å²) in [6.07, 6.45) is 0. The van der Waals surface area contributed by atoms with E-state index in [1.807, 2.05) is 0 Å². The zero-order chi connectivity index (χ0) is 7.56. The SMILES string of the molecule is CC(C(=O)O)c1cscn1. The molecule has 1 aromatic rings. The van der Waals surface area contributed by atoms with Crippen LogP contribution >= 0.6 is 11.3 Å². The summed E-state index contributed by atoms with van der Waals surface area (Å²) in [7, 11) is 0. The van der Waals surface area contributed by atoms with Gasteiger partial charge in [-0.15, -0.1) is 11.3 Å². The summed E-state index contributed by atoms with van der Waals surface area (Å²) in [5, 5.41) is 10.3. The molecule has 0 amide bonds. The fourth-order valence-electron chi connectivity index (χ4n) is 0.562. The van der Waals surface area contributed by atoms with Crippen LogP contribution in [0.3, 0.4) is 0 Å². The van der Waals surface area contributed by atoms with E-state index in [9.17, 15) is 4.79 Å². The molecule has 1 unspecified atom stereocenters. The van der Waals surface area contributed by atoms with E-state index in [2.05, 4.69) is 4.98 Å². The van der Waals surface area contributed by atoms with Crippen LogP contribution in [0, 0.1) is 0 Å². The van der Waals surface area contributed by atoms with Crippen molar-refractivity contribution in [2.75, 3.05) is 0 Å². The van der Waals surface area contributed by atoms with E-state index in [-0.39, 0.29) is 0 Å². The Kier molecular flexibility index (Phi) is 2.01. The average Bonchev–Trinajstić information content (AvgIpc) is 2.36. The first-order valence-corrected chi connectivity index (χ1v) is 3.77. The lowest BCUT2D eigenvalue weighted by Crippen LogP contribution is -2.07. The van der Waals surface area contributed by atoms with Crippen molar-refractivity contribution in [3.8, 4) is 0 Å². The third-order valence-electron chi connectivity index (χ3n) is 1.27. The number of carbonyl (C=O) groups is 1. The van der Waals surface area contributed by atoms with Crippen molar-refractivity contribution in [3.63, 3.8) is 0 Å². The predicted molar refractivity (Wildman–Crippen MR) is 38.2 cm³/mol. The normalized spacial score (nSPS) is 12.9. The Balaban J connectivity index is 2.77. The second-order valence-electron chi connectivity index (χ2n) is 1.97. The highest BCUT2D eigenvalue weighted by molar-refractivity contribution is 7.07. The maximum absolute atomic E-state index is 10.4. The van der Waals surface area contributed by atoms with Gasteiger partial charge in [0, 0.05) is 5.38 Å². The Bertz CT molecular complexity index is 220. The molecule has 3 nitrogen and oxygen atoms in total. The van der Waals surface area contributed by atoms with Crippen molar-refractivity contribution in [3.05, 3.63) is 16.6 Å². The molecule has 0 bridgehead atoms. The smallest absolute Gasteiger partial charge is 0.312 e. The average molecular weight is 157 g/mol. The van der Waals surface area contributed by atoms with Gasteiger partial charge >= 0.3 is 5.97 Å². The summed E-state index contributed by atoms with van der Waals surface area (Å²) in [5.41, 5.74) is 2.27. The van der Waals surface area contributed by atoms with E-state index in [1.165, 1.54) is 11.3 Å². The predicted octanol–water partition coefficient (Wildman–Crippen LogP) is 1.33. The molecular formula is C6H7NO2S. The molecule has 4 heteroatoms. The second kappa shape index (κ2) is 2.79. The first-order chi connectivity index (χ1) is 4.72. The van der Waals surface area contributed by atoms with E-state index in [1.54, 1.807) is 17.8 Å². The number of hydrogen-bond acceptors (Lipinski definition) is 3. The number of rotatable bonds is 2. The van der Waals surface area contributed by atoms with E-state index < -0.39 is 11.9 Å². The molecule has 0 radical (unpaired) electrons. The molecule has 0 aliphatic rings. The molecule has 10 heavy (non-hydrogen) atoms. The van der Waals surface area contributed by atoms with Gasteiger partial charge in [-0.2, -0.15) is 0 Å². The standard InChI is InChI=1S/C6H7NO2S/c1-4(6(8)9)5-2-10-3-7-5/h2-4H,1H3,(H,8,9). The minimum atomic E-state index is -0.828. The minimum absolute atomic E-state index is 0.480. The Labute approximate surface area is 62.3 Å². The highest BCUT2D eigenvalue weighted by Gasteiger charge is 2.14. The quantitative estimate of drug-likeness (QED) is 0.704. The molecule has 0 aromatic carbocycles. The van der Waals surface area contributed by atoms with Gasteiger partial charge in [0.15, 0.2) is 0 Å². The molecule has 1 N–H and O–H groups in total. The van der Waals surface area contributed by atoms with Crippen LogP contribution in [0.2, 0.25) is 0 Å². The van der Waals surface area contributed by atoms with Gasteiger partial charge in [0.2, 0.25) is 0 Å². The number of nitrogens with zero attached hydrogens (tertiary/aromatic N) is 1. The van der Waals surface area contributed by atoms with Crippen LogP contribution in [-0.2, 0) is 4.79 Å². The lowest BCUT2D eigenvalue weighted by Gasteiger charge is -1.98. The Morgan fingerprint density at radius 2 is 2.60 bits per heavy atom. The molecule has 54 valence electrons. The van der Waals surface area contributed by atoms with Gasteiger partial charge in [-0.25, -0.2) is 4.98 Å². The van der Waals surface area contributed by atoms with Crippen molar-refractivity contribution >= 4 is 17.3 Å². The van der Waals surface area contributed by atoms with Gasteiger partial charge in [-0.05, 0) is 6.92 Å². The monoisotopic (exact) mass is 157 g/mol. The molecule has 1 heterocycles. The fraction of sp³-hybridized carbons (Fsp3) is 0.333. The highest BCUT2D eigenvalue weighted by Crippen LogP contribution is 2.14. The number of thiazole rings is 1. The molecule has 1 rings (SSSR count). The van der Waals surface area contributed by atoms with Gasteiger partial charge < -0.3 is 5.11 Å². The van der Waals surface area contributed by atoms with Crippen molar-refractivity contribution in [2.24, 2.45) is 0 Å². The van der Waals surface area contributed by atoms with Crippen LogP contribution in [0.25, 0.3) is 0 Å². The summed E-state index contributed by atoms with van der Waals surface area (Å²) in [5.74, 6) is -1.31. The fourth-order valence-corrected chi connectivity index (χ4v) is 1.21. The summed E-state index contributed by atoms with van der Waals surface area (Å²) in [6.45, 7) is 1.62. The summed E-state index contributed by atoms with van der Waals surface area (Å²) >= 11 is 1.41. The molecule has 0 aliphatic heterocycles. The minimum Gasteiger partial charge on any atom is -0.481 e. The molecular weight excluding hydrogens is 150 g/mol. The van der Waals surface area contributed by atoms with E-state index in [0.717, 1.165) is 0 Å². The summed E-state index contributed by atoms with van der Waals surface area (Å²) in [6, 6.07) is 0. The van der Waals surface area contributed by atoms with Crippen LogP contribution in [0.15, 0.2) is 10.9 Å². The van der Waals surface area contributed by atoms with E-state index in [4.69, 9.17) is 5.11 Å². The Morgan fingerprint density at radius 3 is 3.00 bits per heavy atom. The van der Waals surface area contributed by atoms with Crippen LogP contribution in [0.5, 0.6) is 0 Å². The van der Waals surface area contributed by atoms with Crippen LogP contribution in [0.4, 0.5) is 0 Å². The van der Waals surface area contributed by atoms with Crippen LogP contribution < -0.4 is 0 Å². The molecule has 0 aliphatic carbocycles. The Hall–Kier alpha value is -0.900. The maximum Gasteiger partial charge on any atom is 0.312 e. The van der Waals surface area contributed by atoms with Gasteiger partial charge in [-0.1, -0.05) is 0 Å². The zero-order valence-corrected chi connectivity index (χ0v) is 6.26. The molecule has 1 aromatic heterocycles. The van der Waals surface area contributed by atoms with Gasteiger partial charge in [0.05, 0.1) is 17.1 Å². The third-order valence-corrected chi connectivity index (χ3v) is 1.87. The lowest BCUT2D eigenvalue weighted by molar-refractivity contribution is -0.138. The third kappa shape index (κ3) is 1.33. The highest BCUT2D eigenvalue weighted by atomic mass is 32.1. The van der Waals surface area contributed by atoms with Crippen molar-refractivity contribution < 1.29 is 9.90 Å². The van der Waals surface area contributed by atoms with Crippen molar-refractivity contribution in [1.29, 1.82) is 0 Å². The van der Waals surface area contributed by atoms with Crippen LogP contribution in [0.1, 0.15) is 18.5 Å². The first kappa shape index (κ1) is 7.21. The summed E-state index contributed by atoms with van der Waals surface area (Å²) < 4.78 is 0. The topological polar surface area (TPSA) is 50.2 Å². The van der Waals surface area contributed by atoms with E-state index >= 15 is 0 Å².